The van der Waals surface area contributed by atoms with E-state index in [1.165, 1.54) is 0 Å². The van der Waals surface area contributed by atoms with Gasteiger partial charge in [0.2, 0.25) is 12.9 Å². The lowest BCUT2D eigenvalue weighted by atomic mass is 10.0. The van der Waals surface area contributed by atoms with Crippen LogP contribution in [0.3, 0.4) is 0 Å². The minimum absolute atomic E-state index is 0.188. The molecule has 2 aliphatic rings. The molecule has 1 N–H and O–H groups in total. The number of anilines is 1. The molecule has 21 heavy (non-hydrogen) atoms. The summed E-state index contributed by atoms with van der Waals surface area (Å²) in [5, 5.41) is 2.88. The minimum Gasteiger partial charge on any atom is -0.473 e. The molecule has 0 bridgehead atoms. The van der Waals surface area contributed by atoms with Gasteiger partial charge in [0.1, 0.15) is 5.75 Å². The number of carbonyl (C=O) groups is 1. The molecule has 2 aliphatic heterocycles. The summed E-state index contributed by atoms with van der Waals surface area (Å²) < 4.78 is 16.5. The molecule has 5 heteroatoms. The Morgan fingerprint density at radius 1 is 1.14 bits per heavy atom. The molecule has 0 aromatic heterocycles. The van der Waals surface area contributed by atoms with E-state index in [1.54, 1.807) is 12.1 Å². The molecule has 106 valence electrons. The van der Waals surface area contributed by atoms with Crippen molar-refractivity contribution < 1.29 is 19.0 Å². The monoisotopic (exact) mass is 283 g/mol. The van der Waals surface area contributed by atoms with E-state index in [2.05, 4.69) is 5.32 Å². The van der Waals surface area contributed by atoms with Gasteiger partial charge in [-0.15, -0.1) is 0 Å². The van der Waals surface area contributed by atoms with Crippen LogP contribution in [0.25, 0.3) is 0 Å². The molecule has 0 fully saturated rings. The highest BCUT2D eigenvalue weighted by Gasteiger charge is 2.31. The third-order valence-electron chi connectivity index (χ3n) is 3.64. The smallest absolute Gasteiger partial charge is 0.270 e. The number of ether oxygens (including phenoxy) is 3. The second-order valence-electron chi connectivity index (χ2n) is 5.05. The summed E-state index contributed by atoms with van der Waals surface area (Å²) >= 11 is 0. The van der Waals surface area contributed by atoms with Gasteiger partial charge in [0.05, 0.1) is 5.69 Å². The summed E-state index contributed by atoms with van der Waals surface area (Å²) in [6.07, 6.45) is -0.687. The van der Waals surface area contributed by atoms with E-state index >= 15 is 0 Å². The molecule has 0 radical (unpaired) electrons. The average Bonchev–Trinajstić information content (AvgIpc) is 2.94. The maximum atomic E-state index is 12.3. The molecule has 2 aromatic carbocycles. The van der Waals surface area contributed by atoms with Crippen LogP contribution in [0, 0.1) is 6.92 Å². The van der Waals surface area contributed by atoms with Gasteiger partial charge < -0.3 is 19.5 Å². The van der Waals surface area contributed by atoms with Gasteiger partial charge in [-0.05, 0) is 30.7 Å². The summed E-state index contributed by atoms with van der Waals surface area (Å²) in [5.74, 6) is 1.85. The molecule has 2 aromatic rings. The maximum absolute atomic E-state index is 12.3. The Morgan fingerprint density at radius 2 is 2.00 bits per heavy atom. The summed E-state index contributed by atoms with van der Waals surface area (Å²) in [7, 11) is 0. The van der Waals surface area contributed by atoms with Gasteiger partial charge in [-0.3, -0.25) is 4.79 Å². The van der Waals surface area contributed by atoms with Crippen molar-refractivity contribution in [1.29, 1.82) is 0 Å². The van der Waals surface area contributed by atoms with Gasteiger partial charge in [0.25, 0.3) is 5.91 Å². The Balaban J connectivity index is 1.73. The van der Waals surface area contributed by atoms with Gasteiger partial charge in [-0.25, -0.2) is 0 Å². The molecule has 2 heterocycles. The fourth-order valence-electron chi connectivity index (χ4n) is 2.57. The standard InChI is InChI=1S/C16H13NO4/c1-9-3-2-4-11-14(9)21-15(16(18)17-11)10-5-6-12-13(7-10)20-8-19-12/h2-7,15H,8H2,1H3,(H,17,18). The van der Waals surface area contributed by atoms with E-state index in [9.17, 15) is 4.79 Å². The molecule has 0 spiro atoms. The topological polar surface area (TPSA) is 56.8 Å². The zero-order valence-electron chi connectivity index (χ0n) is 11.4. The lowest BCUT2D eigenvalue weighted by Gasteiger charge is -2.27. The van der Waals surface area contributed by atoms with Gasteiger partial charge in [-0.1, -0.05) is 18.2 Å². The van der Waals surface area contributed by atoms with Crippen molar-refractivity contribution in [3.63, 3.8) is 0 Å². The van der Waals surface area contributed by atoms with Crippen LogP contribution in [-0.2, 0) is 4.79 Å². The first-order chi connectivity index (χ1) is 10.2. The number of fused-ring (bicyclic) bond motifs is 2. The fourth-order valence-corrected chi connectivity index (χ4v) is 2.57. The van der Waals surface area contributed by atoms with Gasteiger partial charge in [-0.2, -0.15) is 0 Å². The number of aryl methyl sites for hydroxylation is 1. The van der Waals surface area contributed by atoms with Crippen molar-refractivity contribution in [1.82, 2.24) is 0 Å². The Hall–Kier alpha value is -2.69. The number of carbonyl (C=O) groups excluding carboxylic acids is 1. The molecular weight excluding hydrogens is 270 g/mol. The number of hydrogen-bond donors (Lipinski definition) is 1. The largest absolute Gasteiger partial charge is 0.473 e. The van der Waals surface area contributed by atoms with Gasteiger partial charge in [0.15, 0.2) is 11.5 Å². The van der Waals surface area contributed by atoms with Crippen LogP contribution in [0.4, 0.5) is 5.69 Å². The zero-order chi connectivity index (χ0) is 14.4. The molecule has 1 amide bonds. The average molecular weight is 283 g/mol. The van der Waals surface area contributed by atoms with E-state index < -0.39 is 6.10 Å². The summed E-state index contributed by atoms with van der Waals surface area (Å²) in [4.78, 5) is 12.3. The fraction of sp³-hybridized carbons (Fsp3) is 0.188. The Kier molecular flexibility index (Phi) is 2.54. The number of hydrogen-bond acceptors (Lipinski definition) is 4. The molecule has 0 saturated heterocycles. The summed E-state index contributed by atoms with van der Waals surface area (Å²) in [6.45, 7) is 2.16. The molecular formula is C16H13NO4. The van der Waals surface area contributed by atoms with Gasteiger partial charge >= 0.3 is 0 Å². The Morgan fingerprint density at radius 3 is 2.90 bits per heavy atom. The van der Waals surface area contributed by atoms with E-state index in [1.807, 2.05) is 31.2 Å². The second-order valence-corrected chi connectivity index (χ2v) is 5.05. The molecule has 4 rings (SSSR count). The normalized spacial score (nSPS) is 18.7. The minimum atomic E-state index is -0.687. The zero-order valence-corrected chi connectivity index (χ0v) is 11.4. The number of rotatable bonds is 1. The van der Waals surface area contributed by atoms with Crippen LogP contribution in [-0.4, -0.2) is 12.7 Å². The van der Waals surface area contributed by atoms with Crippen molar-refractivity contribution in [2.24, 2.45) is 0 Å². The Labute approximate surface area is 121 Å². The van der Waals surface area contributed by atoms with Crippen molar-refractivity contribution in [2.45, 2.75) is 13.0 Å². The molecule has 5 nitrogen and oxygen atoms in total. The molecule has 0 saturated carbocycles. The third-order valence-corrected chi connectivity index (χ3v) is 3.64. The maximum Gasteiger partial charge on any atom is 0.270 e. The summed E-state index contributed by atoms with van der Waals surface area (Å²) in [6, 6.07) is 11.1. The SMILES string of the molecule is Cc1cccc2c1OC(c1ccc3c(c1)OCO3)C(=O)N2. The van der Waals surface area contributed by atoms with E-state index in [0.717, 1.165) is 11.1 Å². The number of para-hydroxylation sites is 1. The third kappa shape index (κ3) is 1.89. The highest BCUT2D eigenvalue weighted by Crippen LogP contribution is 2.40. The van der Waals surface area contributed by atoms with Crippen molar-refractivity contribution in [3.8, 4) is 17.2 Å². The highest BCUT2D eigenvalue weighted by atomic mass is 16.7. The Bertz CT molecular complexity index is 741. The first-order valence-corrected chi connectivity index (χ1v) is 6.69. The highest BCUT2D eigenvalue weighted by molar-refractivity contribution is 5.98. The van der Waals surface area contributed by atoms with E-state index in [4.69, 9.17) is 14.2 Å². The van der Waals surface area contributed by atoms with Crippen LogP contribution in [0.1, 0.15) is 17.2 Å². The van der Waals surface area contributed by atoms with Crippen LogP contribution in [0.15, 0.2) is 36.4 Å². The quantitative estimate of drug-likeness (QED) is 0.874. The van der Waals surface area contributed by atoms with E-state index in [-0.39, 0.29) is 12.7 Å². The van der Waals surface area contributed by atoms with Crippen molar-refractivity contribution in [3.05, 3.63) is 47.5 Å². The van der Waals surface area contributed by atoms with Crippen molar-refractivity contribution in [2.75, 3.05) is 12.1 Å². The second kappa shape index (κ2) is 4.41. The molecule has 1 unspecified atom stereocenters. The molecule has 1 atom stereocenters. The number of nitrogens with one attached hydrogen (secondary N) is 1. The van der Waals surface area contributed by atoms with Gasteiger partial charge in [0, 0.05) is 5.56 Å². The summed E-state index contributed by atoms with van der Waals surface area (Å²) in [5.41, 5.74) is 2.43. The van der Waals surface area contributed by atoms with Crippen LogP contribution >= 0.6 is 0 Å². The van der Waals surface area contributed by atoms with Crippen LogP contribution < -0.4 is 19.5 Å². The predicted molar refractivity (Wildman–Crippen MR) is 75.7 cm³/mol. The van der Waals surface area contributed by atoms with E-state index in [0.29, 0.717) is 22.9 Å². The first-order valence-electron chi connectivity index (χ1n) is 6.69. The number of amides is 1. The number of benzene rings is 2. The van der Waals surface area contributed by atoms with Crippen molar-refractivity contribution >= 4 is 11.6 Å². The lowest BCUT2D eigenvalue weighted by molar-refractivity contribution is -0.123. The first kappa shape index (κ1) is 12.1. The molecule has 0 aliphatic carbocycles. The van der Waals surface area contributed by atoms with Crippen LogP contribution in [0.2, 0.25) is 0 Å². The lowest BCUT2D eigenvalue weighted by Crippen LogP contribution is -2.30. The predicted octanol–water partition coefficient (Wildman–Crippen LogP) is 2.80. The van der Waals surface area contributed by atoms with Crippen LogP contribution in [0.5, 0.6) is 17.2 Å².